The molecule has 0 aliphatic carbocycles. The molecule has 1 aromatic rings. The molecule has 110 valence electrons. The molecule has 0 radical (unpaired) electrons. The minimum Gasteiger partial charge on any atom is -0.497 e. The summed E-state index contributed by atoms with van der Waals surface area (Å²) in [5, 5.41) is 0. The van der Waals surface area contributed by atoms with Crippen LogP contribution in [0.2, 0.25) is 0 Å². The Labute approximate surface area is 121 Å². The molecule has 1 fully saturated rings. The van der Waals surface area contributed by atoms with Crippen LogP contribution in [0.4, 0.5) is 0 Å². The highest BCUT2D eigenvalue weighted by atomic mass is 16.5. The number of rotatable bonds is 5. The SMILES string of the molecule is CCC1(CC)CC(C)N(Cc2ccc(OC)cc2)C1=O. The maximum atomic E-state index is 12.7. The lowest BCUT2D eigenvalue weighted by Gasteiger charge is -2.25. The first-order valence-corrected chi connectivity index (χ1v) is 7.50. The van der Waals surface area contributed by atoms with Crippen molar-refractivity contribution in [1.29, 1.82) is 0 Å². The first kappa shape index (κ1) is 14.9. The molecular formula is C17H25NO2. The summed E-state index contributed by atoms with van der Waals surface area (Å²) in [7, 11) is 1.66. The van der Waals surface area contributed by atoms with Gasteiger partial charge in [0.15, 0.2) is 0 Å². The quantitative estimate of drug-likeness (QED) is 0.821. The Morgan fingerprint density at radius 1 is 1.25 bits per heavy atom. The molecule has 1 aliphatic heterocycles. The van der Waals surface area contributed by atoms with Gasteiger partial charge in [-0.25, -0.2) is 0 Å². The van der Waals surface area contributed by atoms with Crippen molar-refractivity contribution in [1.82, 2.24) is 4.90 Å². The monoisotopic (exact) mass is 275 g/mol. The smallest absolute Gasteiger partial charge is 0.229 e. The van der Waals surface area contributed by atoms with Crippen LogP contribution in [0.3, 0.4) is 0 Å². The fourth-order valence-corrected chi connectivity index (χ4v) is 3.26. The fraction of sp³-hybridized carbons (Fsp3) is 0.588. The van der Waals surface area contributed by atoms with Crippen LogP contribution in [-0.2, 0) is 11.3 Å². The summed E-state index contributed by atoms with van der Waals surface area (Å²) in [5.74, 6) is 1.18. The largest absolute Gasteiger partial charge is 0.497 e. The number of hydrogen-bond acceptors (Lipinski definition) is 2. The third-order valence-corrected chi connectivity index (χ3v) is 4.80. The van der Waals surface area contributed by atoms with Crippen molar-refractivity contribution >= 4 is 5.91 Å². The van der Waals surface area contributed by atoms with E-state index in [-0.39, 0.29) is 5.41 Å². The first-order chi connectivity index (χ1) is 9.56. The number of carbonyl (C=O) groups is 1. The molecule has 0 spiro atoms. The Morgan fingerprint density at radius 2 is 1.85 bits per heavy atom. The molecule has 1 atom stereocenters. The van der Waals surface area contributed by atoms with Gasteiger partial charge in [-0.05, 0) is 43.9 Å². The Bertz CT molecular complexity index is 462. The van der Waals surface area contributed by atoms with Crippen LogP contribution in [-0.4, -0.2) is 24.0 Å². The average molecular weight is 275 g/mol. The Balaban J connectivity index is 2.14. The van der Waals surface area contributed by atoms with Gasteiger partial charge >= 0.3 is 0 Å². The summed E-state index contributed by atoms with van der Waals surface area (Å²) in [6.45, 7) is 7.12. The van der Waals surface area contributed by atoms with Crippen molar-refractivity contribution < 1.29 is 9.53 Å². The summed E-state index contributed by atoms with van der Waals surface area (Å²) in [6, 6.07) is 8.30. The molecule has 1 aliphatic rings. The van der Waals surface area contributed by atoms with E-state index in [1.165, 1.54) is 0 Å². The van der Waals surface area contributed by atoms with Gasteiger partial charge in [-0.2, -0.15) is 0 Å². The number of nitrogens with zero attached hydrogens (tertiary/aromatic N) is 1. The summed E-state index contributed by atoms with van der Waals surface area (Å²) in [6.07, 6.45) is 2.85. The van der Waals surface area contributed by atoms with E-state index in [9.17, 15) is 4.79 Å². The number of ether oxygens (including phenoxy) is 1. The minimum absolute atomic E-state index is 0.133. The van der Waals surface area contributed by atoms with Gasteiger partial charge in [0.2, 0.25) is 5.91 Å². The molecule has 0 N–H and O–H groups in total. The van der Waals surface area contributed by atoms with Gasteiger partial charge in [0, 0.05) is 12.6 Å². The lowest BCUT2D eigenvalue weighted by Crippen LogP contribution is -2.35. The lowest BCUT2D eigenvalue weighted by molar-refractivity contribution is -0.137. The molecule has 2 rings (SSSR count). The minimum atomic E-state index is -0.133. The van der Waals surface area contributed by atoms with E-state index in [0.717, 1.165) is 30.6 Å². The van der Waals surface area contributed by atoms with Crippen LogP contribution in [0.1, 0.15) is 45.6 Å². The van der Waals surface area contributed by atoms with Crippen LogP contribution in [0.25, 0.3) is 0 Å². The topological polar surface area (TPSA) is 29.5 Å². The van der Waals surface area contributed by atoms with Crippen LogP contribution >= 0.6 is 0 Å². The predicted octanol–water partition coefficient (Wildman–Crippen LogP) is 3.62. The highest BCUT2D eigenvalue weighted by Gasteiger charge is 2.47. The van der Waals surface area contributed by atoms with E-state index >= 15 is 0 Å². The van der Waals surface area contributed by atoms with Crippen molar-refractivity contribution in [2.45, 2.75) is 52.6 Å². The highest BCUT2D eigenvalue weighted by molar-refractivity contribution is 5.85. The third kappa shape index (κ3) is 2.54. The summed E-state index contributed by atoms with van der Waals surface area (Å²) < 4.78 is 5.17. The third-order valence-electron chi connectivity index (χ3n) is 4.80. The van der Waals surface area contributed by atoms with E-state index in [4.69, 9.17) is 4.74 Å². The predicted molar refractivity (Wildman–Crippen MR) is 80.6 cm³/mol. The number of carbonyl (C=O) groups excluding carboxylic acids is 1. The zero-order chi connectivity index (χ0) is 14.8. The fourth-order valence-electron chi connectivity index (χ4n) is 3.26. The van der Waals surface area contributed by atoms with Gasteiger partial charge < -0.3 is 9.64 Å². The van der Waals surface area contributed by atoms with Crippen molar-refractivity contribution in [3.05, 3.63) is 29.8 Å². The zero-order valence-corrected chi connectivity index (χ0v) is 13.0. The Morgan fingerprint density at radius 3 is 2.30 bits per heavy atom. The second kappa shape index (κ2) is 5.86. The Kier molecular flexibility index (Phi) is 4.36. The molecule has 20 heavy (non-hydrogen) atoms. The van der Waals surface area contributed by atoms with Gasteiger partial charge in [-0.15, -0.1) is 0 Å². The molecule has 3 nitrogen and oxygen atoms in total. The summed E-state index contributed by atoms with van der Waals surface area (Å²) in [5.41, 5.74) is 1.03. The maximum absolute atomic E-state index is 12.7. The maximum Gasteiger partial charge on any atom is 0.229 e. The van der Waals surface area contributed by atoms with Crippen molar-refractivity contribution in [2.24, 2.45) is 5.41 Å². The molecule has 1 amide bonds. The molecule has 1 unspecified atom stereocenters. The molecule has 1 heterocycles. The van der Waals surface area contributed by atoms with Crippen LogP contribution < -0.4 is 4.74 Å². The number of amides is 1. The molecule has 3 heteroatoms. The van der Waals surface area contributed by atoms with Crippen molar-refractivity contribution in [3.8, 4) is 5.75 Å². The van der Waals surface area contributed by atoms with Gasteiger partial charge in [0.05, 0.1) is 12.5 Å². The number of benzene rings is 1. The highest BCUT2D eigenvalue weighted by Crippen LogP contribution is 2.42. The van der Waals surface area contributed by atoms with Crippen molar-refractivity contribution in [3.63, 3.8) is 0 Å². The number of hydrogen-bond donors (Lipinski definition) is 0. The van der Waals surface area contributed by atoms with Crippen LogP contribution in [0.5, 0.6) is 5.75 Å². The van der Waals surface area contributed by atoms with E-state index in [1.807, 2.05) is 29.2 Å². The second-order valence-electron chi connectivity index (χ2n) is 5.82. The van der Waals surface area contributed by atoms with Gasteiger partial charge in [-0.3, -0.25) is 4.79 Å². The lowest BCUT2D eigenvalue weighted by atomic mass is 9.80. The molecule has 0 bridgehead atoms. The summed E-state index contributed by atoms with van der Waals surface area (Å²) >= 11 is 0. The summed E-state index contributed by atoms with van der Waals surface area (Å²) in [4.78, 5) is 14.8. The number of likely N-dealkylation sites (tertiary alicyclic amines) is 1. The average Bonchev–Trinajstić information content (AvgIpc) is 2.72. The first-order valence-electron chi connectivity index (χ1n) is 7.50. The zero-order valence-electron chi connectivity index (χ0n) is 13.0. The molecule has 0 saturated carbocycles. The molecule has 0 aromatic heterocycles. The number of methoxy groups -OCH3 is 1. The van der Waals surface area contributed by atoms with Gasteiger partial charge in [0.1, 0.15) is 5.75 Å². The van der Waals surface area contributed by atoms with Crippen LogP contribution in [0.15, 0.2) is 24.3 Å². The van der Waals surface area contributed by atoms with Crippen LogP contribution in [0, 0.1) is 5.41 Å². The van der Waals surface area contributed by atoms with E-state index in [2.05, 4.69) is 20.8 Å². The van der Waals surface area contributed by atoms with Gasteiger partial charge in [-0.1, -0.05) is 26.0 Å². The second-order valence-corrected chi connectivity index (χ2v) is 5.82. The standard InChI is InChI=1S/C17H25NO2/c1-5-17(6-2)11-13(3)18(16(17)19)12-14-7-9-15(20-4)10-8-14/h7-10,13H,5-6,11-12H2,1-4H3. The normalized spacial score (nSPS) is 21.3. The van der Waals surface area contributed by atoms with Crippen molar-refractivity contribution in [2.75, 3.05) is 7.11 Å². The molecular weight excluding hydrogens is 250 g/mol. The van der Waals surface area contributed by atoms with E-state index in [1.54, 1.807) is 7.11 Å². The van der Waals surface area contributed by atoms with E-state index in [0.29, 0.717) is 18.5 Å². The van der Waals surface area contributed by atoms with Gasteiger partial charge in [0.25, 0.3) is 0 Å². The Hall–Kier alpha value is -1.51. The molecule has 1 aromatic carbocycles. The van der Waals surface area contributed by atoms with E-state index < -0.39 is 0 Å². The molecule has 1 saturated heterocycles.